The molecule has 1 aromatic rings. The zero-order chi connectivity index (χ0) is 19.3. The van der Waals surface area contributed by atoms with Crippen LogP contribution in [-0.2, 0) is 11.8 Å². The van der Waals surface area contributed by atoms with Gasteiger partial charge in [0, 0.05) is 6.54 Å². The lowest BCUT2D eigenvalue weighted by atomic mass is 9.86. The van der Waals surface area contributed by atoms with Gasteiger partial charge in [0.15, 0.2) is 5.11 Å². The quantitative estimate of drug-likeness (QED) is 0.574. The van der Waals surface area contributed by atoms with Crippen molar-refractivity contribution in [2.45, 2.75) is 78.4 Å². The van der Waals surface area contributed by atoms with Crippen LogP contribution in [0, 0.1) is 0 Å². The van der Waals surface area contributed by atoms with Crippen LogP contribution in [0.5, 0.6) is 0 Å². The summed E-state index contributed by atoms with van der Waals surface area (Å²) in [5, 5.41) is 15.7. The number of rotatable bonds is 5. The molecule has 0 aromatic heterocycles. The minimum atomic E-state index is -0.522. The van der Waals surface area contributed by atoms with E-state index in [9.17, 15) is 0 Å². The molecule has 5 heteroatoms. The Kier molecular flexibility index (Phi) is 7.12. The molecule has 0 amide bonds. The molecular weight excluding hydrogens is 328 g/mol. The van der Waals surface area contributed by atoms with Crippen LogP contribution >= 0.6 is 12.2 Å². The van der Waals surface area contributed by atoms with Crippen molar-refractivity contribution < 1.29 is 0 Å². The lowest BCUT2D eigenvalue weighted by Gasteiger charge is -2.24. The molecule has 0 spiro atoms. The van der Waals surface area contributed by atoms with E-state index in [4.69, 9.17) is 12.2 Å². The Hall–Kier alpha value is -1.49. The molecule has 0 fully saturated rings. The molecule has 2 N–H and O–H groups in total. The number of hydrogen-bond acceptors (Lipinski definition) is 3. The van der Waals surface area contributed by atoms with Gasteiger partial charge in [-0.25, -0.2) is 0 Å². The number of hydrogen-bond donors (Lipinski definition) is 2. The predicted molar refractivity (Wildman–Crippen MR) is 111 cm³/mol. The molecule has 4 nitrogen and oxygen atoms in total. The van der Waals surface area contributed by atoms with E-state index in [1.165, 1.54) is 11.1 Å². The van der Waals surface area contributed by atoms with Crippen molar-refractivity contribution in [1.29, 1.82) is 0 Å². The topological polar surface area (TPSA) is 48.8 Å². The summed E-state index contributed by atoms with van der Waals surface area (Å²) in [6.07, 6.45) is 0.927. The van der Waals surface area contributed by atoms with Crippen LogP contribution in [-0.4, -0.2) is 22.9 Å². The monoisotopic (exact) mass is 362 g/mol. The van der Waals surface area contributed by atoms with Crippen LogP contribution in [0.4, 0.5) is 0 Å². The molecular formula is C20H34N4S. The molecule has 1 aromatic carbocycles. The Morgan fingerprint density at radius 2 is 1.48 bits per heavy atom. The normalized spacial score (nSPS) is 13.1. The van der Waals surface area contributed by atoms with Crippen molar-refractivity contribution in [1.82, 2.24) is 10.6 Å². The second-order valence-electron chi connectivity index (χ2n) is 9.01. The zero-order valence-electron chi connectivity index (χ0n) is 17.0. The molecule has 1 rings (SSSR count). The maximum Gasteiger partial charge on any atom is 0.168 e. The first-order valence-corrected chi connectivity index (χ1v) is 9.29. The summed E-state index contributed by atoms with van der Waals surface area (Å²) in [6.45, 7) is 17.5. The van der Waals surface area contributed by atoms with E-state index in [1.807, 2.05) is 34.6 Å². The summed E-state index contributed by atoms with van der Waals surface area (Å²) in [5.41, 5.74) is 2.14. The number of azo groups is 1. The van der Waals surface area contributed by atoms with E-state index in [2.05, 4.69) is 65.9 Å². The average Bonchev–Trinajstić information content (AvgIpc) is 2.44. The number of nitrogens with zero attached hydrogens (tertiary/aromatic N) is 2. The Bertz CT molecular complexity index is 590. The van der Waals surface area contributed by atoms with E-state index in [1.54, 1.807) is 0 Å². The number of nitrogens with one attached hydrogen (secondary N) is 2. The first-order valence-electron chi connectivity index (χ1n) is 8.88. The van der Waals surface area contributed by atoms with Crippen molar-refractivity contribution in [3.05, 3.63) is 35.4 Å². The third-order valence-electron chi connectivity index (χ3n) is 3.54. The van der Waals surface area contributed by atoms with Crippen molar-refractivity contribution in [2.24, 2.45) is 10.2 Å². The van der Waals surface area contributed by atoms with Gasteiger partial charge < -0.3 is 10.6 Å². The van der Waals surface area contributed by atoms with Crippen LogP contribution in [0.3, 0.4) is 0 Å². The highest BCUT2D eigenvalue weighted by atomic mass is 32.1. The molecule has 0 atom stereocenters. The molecule has 0 saturated heterocycles. The maximum absolute atomic E-state index is 5.37. The van der Waals surface area contributed by atoms with Crippen LogP contribution in [0.1, 0.15) is 66.5 Å². The van der Waals surface area contributed by atoms with E-state index in [-0.39, 0.29) is 11.0 Å². The molecule has 0 saturated carbocycles. The average molecular weight is 363 g/mol. The molecule has 0 aliphatic heterocycles. The highest BCUT2D eigenvalue weighted by molar-refractivity contribution is 7.80. The summed E-state index contributed by atoms with van der Waals surface area (Å²) in [4.78, 5) is 0. The molecule has 0 aliphatic rings. The highest BCUT2D eigenvalue weighted by Crippen LogP contribution is 2.22. The summed E-state index contributed by atoms with van der Waals surface area (Å²) in [5.74, 6) is 0. The second-order valence-corrected chi connectivity index (χ2v) is 9.42. The molecule has 0 bridgehead atoms. The van der Waals surface area contributed by atoms with Crippen LogP contribution in [0.15, 0.2) is 34.5 Å². The summed E-state index contributed by atoms with van der Waals surface area (Å²) >= 11 is 5.37. The summed E-state index contributed by atoms with van der Waals surface area (Å²) in [6, 6.07) is 8.81. The lowest BCUT2D eigenvalue weighted by Crippen LogP contribution is -2.47. The van der Waals surface area contributed by atoms with Gasteiger partial charge in [0.1, 0.15) is 5.66 Å². The molecule has 0 heterocycles. The largest absolute Gasteiger partial charge is 0.362 e. The molecule has 0 aliphatic carbocycles. The Balaban J connectivity index is 2.46. The molecule has 25 heavy (non-hydrogen) atoms. The van der Waals surface area contributed by atoms with E-state index >= 15 is 0 Å². The summed E-state index contributed by atoms with van der Waals surface area (Å²) in [7, 11) is 0. The molecule has 0 radical (unpaired) electrons. The van der Waals surface area contributed by atoms with Crippen LogP contribution in [0.2, 0.25) is 0 Å². The number of thiocarbonyl (C=S) groups is 1. The Morgan fingerprint density at radius 3 is 1.96 bits per heavy atom. The minimum absolute atomic E-state index is 0.187. The van der Waals surface area contributed by atoms with Crippen LogP contribution < -0.4 is 10.6 Å². The van der Waals surface area contributed by atoms with Gasteiger partial charge in [-0.1, -0.05) is 45.0 Å². The molecule has 140 valence electrons. The van der Waals surface area contributed by atoms with E-state index in [0.717, 1.165) is 13.0 Å². The fourth-order valence-electron chi connectivity index (χ4n) is 2.11. The van der Waals surface area contributed by atoms with Gasteiger partial charge >= 0.3 is 0 Å². The van der Waals surface area contributed by atoms with Gasteiger partial charge in [0.25, 0.3) is 0 Å². The second kappa shape index (κ2) is 8.26. The molecule has 0 unspecified atom stereocenters. The van der Waals surface area contributed by atoms with E-state index in [0.29, 0.717) is 5.11 Å². The predicted octanol–water partition coefficient (Wildman–Crippen LogP) is 4.98. The zero-order valence-corrected chi connectivity index (χ0v) is 17.8. The standard InChI is InChI=1S/C20H34N4S/c1-18(2,3)16-11-9-15(10-12-16)13-14-21-17(25)22-20(7,8)24-23-19(4,5)6/h9-12H,13-14H2,1-8H3,(H2,21,22,25)/b24-23+. The Labute approximate surface area is 158 Å². The van der Waals surface area contributed by atoms with Crippen LogP contribution in [0.25, 0.3) is 0 Å². The van der Waals surface area contributed by atoms with Crippen molar-refractivity contribution in [3.63, 3.8) is 0 Å². The van der Waals surface area contributed by atoms with Crippen molar-refractivity contribution >= 4 is 17.3 Å². The fourth-order valence-corrected chi connectivity index (χ4v) is 2.47. The van der Waals surface area contributed by atoms with Gasteiger partial charge in [-0.15, -0.1) is 0 Å². The first-order chi connectivity index (χ1) is 11.3. The van der Waals surface area contributed by atoms with Gasteiger partial charge in [-0.3, -0.25) is 0 Å². The SMILES string of the molecule is CC(C)(C)/N=N/C(C)(C)NC(=S)NCCc1ccc(C(C)(C)C)cc1. The smallest absolute Gasteiger partial charge is 0.168 e. The van der Waals surface area contributed by atoms with Gasteiger partial charge in [-0.2, -0.15) is 10.2 Å². The Morgan fingerprint density at radius 1 is 0.920 bits per heavy atom. The third kappa shape index (κ3) is 8.96. The third-order valence-corrected chi connectivity index (χ3v) is 3.79. The van der Waals surface area contributed by atoms with Crippen molar-refractivity contribution in [2.75, 3.05) is 6.54 Å². The van der Waals surface area contributed by atoms with Crippen molar-refractivity contribution in [3.8, 4) is 0 Å². The minimum Gasteiger partial charge on any atom is -0.362 e. The maximum atomic E-state index is 5.37. The highest BCUT2D eigenvalue weighted by Gasteiger charge is 2.19. The van der Waals surface area contributed by atoms with Gasteiger partial charge in [-0.05, 0) is 69.8 Å². The lowest BCUT2D eigenvalue weighted by molar-refractivity contribution is 0.414. The van der Waals surface area contributed by atoms with E-state index < -0.39 is 5.66 Å². The van der Waals surface area contributed by atoms with Gasteiger partial charge in [0.2, 0.25) is 0 Å². The summed E-state index contributed by atoms with van der Waals surface area (Å²) < 4.78 is 0. The number of benzene rings is 1. The van der Waals surface area contributed by atoms with Gasteiger partial charge in [0.05, 0.1) is 5.54 Å². The fraction of sp³-hybridized carbons (Fsp3) is 0.650. The first kappa shape index (κ1) is 21.6.